The molecule has 0 spiro atoms. The molecule has 0 amide bonds. The summed E-state index contributed by atoms with van der Waals surface area (Å²) in [4.78, 5) is 12.3. The first-order valence-electron chi connectivity index (χ1n) is 8.25. The largest absolute Gasteiger partial charge is 0.493 e. The van der Waals surface area contributed by atoms with E-state index in [-0.39, 0.29) is 34.4 Å². The predicted octanol–water partition coefficient (Wildman–Crippen LogP) is 5.01. The first-order valence-corrected chi connectivity index (χ1v) is 8.25. The Morgan fingerprint density at radius 1 is 0.800 bits per heavy atom. The van der Waals surface area contributed by atoms with E-state index >= 15 is 0 Å². The highest BCUT2D eigenvalue weighted by Gasteiger charge is 2.42. The molecule has 0 aliphatic carbocycles. The quantitative estimate of drug-likeness (QED) is 0.498. The van der Waals surface area contributed by atoms with Crippen molar-refractivity contribution in [1.82, 2.24) is 0 Å². The monoisotopic (exact) mass is 436 g/mol. The molecule has 30 heavy (non-hydrogen) atoms. The van der Waals surface area contributed by atoms with Crippen molar-refractivity contribution in [3.8, 4) is 17.2 Å². The predicted molar refractivity (Wildman–Crippen MR) is 89.8 cm³/mol. The minimum atomic E-state index is -5.05. The van der Waals surface area contributed by atoms with Crippen molar-refractivity contribution in [2.45, 2.75) is 18.5 Å². The molecule has 1 aliphatic heterocycles. The fraction of sp³-hybridized carbons (Fsp3) is 0.316. The van der Waals surface area contributed by atoms with E-state index in [0.29, 0.717) is 12.1 Å². The molecule has 0 radical (unpaired) electrons. The lowest BCUT2D eigenvalue weighted by atomic mass is 9.94. The lowest BCUT2D eigenvalue weighted by Gasteiger charge is -2.20. The Morgan fingerprint density at radius 3 is 1.77 bits per heavy atom. The van der Waals surface area contributed by atoms with E-state index in [1.807, 2.05) is 0 Å². The molecular weight excluding hydrogens is 422 g/mol. The number of halogens is 6. The number of alkyl halides is 6. The summed E-state index contributed by atoms with van der Waals surface area (Å²) in [5, 5.41) is 0. The molecule has 1 heterocycles. The third-order valence-electron chi connectivity index (χ3n) is 4.49. The average Bonchev–Trinajstić information content (AvgIpc) is 3.01. The molecule has 2 aromatic carbocycles. The molecule has 5 nitrogen and oxygen atoms in total. The number of hydrogen-bond acceptors (Lipinski definition) is 5. The van der Waals surface area contributed by atoms with Gasteiger partial charge in [-0.15, -0.1) is 0 Å². The van der Waals surface area contributed by atoms with Crippen LogP contribution < -0.4 is 14.2 Å². The summed E-state index contributed by atoms with van der Waals surface area (Å²) in [6.45, 7) is 0. The zero-order chi connectivity index (χ0) is 22.4. The lowest BCUT2D eigenvalue weighted by Crippen LogP contribution is -2.13. The highest BCUT2D eigenvalue weighted by Crippen LogP contribution is 2.51. The molecule has 0 saturated heterocycles. The van der Waals surface area contributed by atoms with Crippen LogP contribution in [0.2, 0.25) is 0 Å². The number of methoxy groups -OCH3 is 3. The number of carbonyl (C=O) groups excluding carboxylic acids is 1. The van der Waals surface area contributed by atoms with Crippen LogP contribution in [0.15, 0.2) is 24.3 Å². The van der Waals surface area contributed by atoms with Crippen molar-refractivity contribution in [3.63, 3.8) is 0 Å². The van der Waals surface area contributed by atoms with Gasteiger partial charge in [0.15, 0.2) is 17.6 Å². The Bertz CT molecular complexity index is 964. The van der Waals surface area contributed by atoms with Crippen LogP contribution >= 0.6 is 0 Å². The number of hydrogen-bond donors (Lipinski definition) is 0. The SMILES string of the molecule is COc1cc2c(c(OC)c1OC)[C@H](c1cc(C(F)(F)F)cc(C(F)(F)F)c1)OC2=O. The Labute approximate surface area is 166 Å². The number of rotatable bonds is 4. The Morgan fingerprint density at radius 2 is 1.33 bits per heavy atom. The fourth-order valence-electron chi connectivity index (χ4n) is 3.20. The molecule has 1 aliphatic rings. The molecule has 162 valence electrons. The van der Waals surface area contributed by atoms with Crippen molar-refractivity contribution in [3.05, 3.63) is 52.1 Å². The maximum absolute atomic E-state index is 13.2. The minimum Gasteiger partial charge on any atom is -0.493 e. The van der Waals surface area contributed by atoms with E-state index < -0.39 is 41.1 Å². The molecule has 0 bridgehead atoms. The van der Waals surface area contributed by atoms with Gasteiger partial charge in [-0.1, -0.05) is 0 Å². The van der Waals surface area contributed by atoms with Crippen molar-refractivity contribution < 1.29 is 50.1 Å². The van der Waals surface area contributed by atoms with Gasteiger partial charge >= 0.3 is 18.3 Å². The third kappa shape index (κ3) is 3.59. The smallest absolute Gasteiger partial charge is 0.416 e. The number of ether oxygens (including phenoxy) is 4. The summed E-state index contributed by atoms with van der Waals surface area (Å²) in [7, 11) is 3.74. The fourth-order valence-corrected chi connectivity index (χ4v) is 3.20. The van der Waals surface area contributed by atoms with Crippen molar-refractivity contribution in [1.29, 1.82) is 0 Å². The summed E-state index contributed by atoms with van der Waals surface area (Å²) >= 11 is 0. The topological polar surface area (TPSA) is 54.0 Å². The van der Waals surface area contributed by atoms with E-state index in [4.69, 9.17) is 18.9 Å². The zero-order valence-electron chi connectivity index (χ0n) is 15.7. The Kier molecular flexibility index (Phi) is 5.25. The van der Waals surface area contributed by atoms with Crippen LogP contribution in [0.25, 0.3) is 0 Å². The van der Waals surface area contributed by atoms with Gasteiger partial charge < -0.3 is 18.9 Å². The first-order chi connectivity index (χ1) is 13.9. The maximum atomic E-state index is 13.2. The van der Waals surface area contributed by atoms with Gasteiger partial charge in [0.25, 0.3) is 0 Å². The second-order valence-corrected chi connectivity index (χ2v) is 6.23. The molecule has 0 saturated carbocycles. The van der Waals surface area contributed by atoms with E-state index in [1.165, 1.54) is 27.4 Å². The number of benzene rings is 2. The van der Waals surface area contributed by atoms with Gasteiger partial charge in [0.2, 0.25) is 5.75 Å². The highest BCUT2D eigenvalue weighted by atomic mass is 19.4. The maximum Gasteiger partial charge on any atom is 0.416 e. The molecule has 3 rings (SSSR count). The van der Waals surface area contributed by atoms with Crippen molar-refractivity contribution in [2.75, 3.05) is 21.3 Å². The second kappa shape index (κ2) is 7.29. The van der Waals surface area contributed by atoms with Gasteiger partial charge in [0, 0.05) is 0 Å². The summed E-state index contributed by atoms with van der Waals surface area (Å²) in [5.74, 6) is -0.982. The van der Waals surface area contributed by atoms with Gasteiger partial charge in [-0.05, 0) is 29.8 Å². The van der Waals surface area contributed by atoms with Gasteiger partial charge in [0.05, 0.1) is 43.6 Å². The molecule has 2 aromatic rings. The molecule has 0 fully saturated rings. The zero-order valence-corrected chi connectivity index (χ0v) is 15.7. The lowest BCUT2D eigenvalue weighted by molar-refractivity contribution is -0.143. The molecular formula is C19H14F6O5. The highest BCUT2D eigenvalue weighted by molar-refractivity contribution is 5.97. The number of fused-ring (bicyclic) bond motifs is 1. The second-order valence-electron chi connectivity index (χ2n) is 6.23. The Hall–Kier alpha value is -3.11. The van der Waals surface area contributed by atoms with Gasteiger partial charge in [-0.3, -0.25) is 0 Å². The summed E-state index contributed by atoms with van der Waals surface area (Å²) in [5.41, 5.74) is -3.77. The summed E-state index contributed by atoms with van der Waals surface area (Å²) in [6, 6.07) is 2.21. The number of esters is 1. The Balaban J connectivity index is 2.29. The standard InChI is InChI=1S/C19H14F6O5/c1-27-12-7-11-13(16(29-3)15(12)28-2)14(30-17(11)26)8-4-9(18(20,21)22)6-10(5-8)19(23,24)25/h4-7,14H,1-3H3/t14-/m0/s1. The minimum absolute atomic E-state index is 0.00470. The van der Waals surface area contributed by atoms with Crippen LogP contribution in [0.4, 0.5) is 26.3 Å². The van der Waals surface area contributed by atoms with E-state index in [9.17, 15) is 31.1 Å². The van der Waals surface area contributed by atoms with E-state index in [0.717, 1.165) is 0 Å². The van der Waals surface area contributed by atoms with Crippen LogP contribution in [0.5, 0.6) is 17.2 Å². The summed E-state index contributed by atoms with van der Waals surface area (Å²) < 4.78 is 100.0. The van der Waals surface area contributed by atoms with Crippen LogP contribution in [-0.2, 0) is 17.1 Å². The van der Waals surface area contributed by atoms with Crippen molar-refractivity contribution in [2.24, 2.45) is 0 Å². The number of carbonyl (C=O) groups is 1. The molecule has 1 atom stereocenters. The average molecular weight is 436 g/mol. The van der Waals surface area contributed by atoms with Gasteiger partial charge in [-0.2, -0.15) is 26.3 Å². The van der Waals surface area contributed by atoms with Gasteiger partial charge in [-0.25, -0.2) is 4.79 Å². The normalized spacial score (nSPS) is 16.2. The van der Waals surface area contributed by atoms with Crippen LogP contribution in [-0.4, -0.2) is 27.3 Å². The van der Waals surface area contributed by atoms with E-state index in [2.05, 4.69) is 0 Å². The first kappa shape index (κ1) is 21.6. The van der Waals surface area contributed by atoms with Crippen LogP contribution in [0.3, 0.4) is 0 Å². The molecule has 0 unspecified atom stereocenters. The van der Waals surface area contributed by atoms with Crippen LogP contribution in [0.1, 0.15) is 38.7 Å². The summed E-state index contributed by atoms with van der Waals surface area (Å²) in [6.07, 6.45) is -11.7. The third-order valence-corrected chi connectivity index (χ3v) is 4.49. The van der Waals surface area contributed by atoms with E-state index in [1.54, 1.807) is 0 Å². The van der Waals surface area contributed by atoms with Gasteiger partial charge in [0.1, 0.15) is 0 Å². The van der Waals surface area contributed by atoms with Crippen molar-refractivity contribution >= 4 is 5.97 Å². The molecule has 11 heteroatoms. The van der Waals surface area contributed by atoms with Crippen LogP contribution in [0, 0.1) is 0 Å². The molecule has 0 aromatic heterocycles. The number of cyclic esters (lactones) is 1. The molecule has 0 N–H and O–H groups in total.